The van der Waals surface area contributed by atoms with Crippen LogP contribution in [0.25, 0.3) is 21.7 Å². The number of aromatic nitrogens is 2. The van der Waals surface area contributed by atoms with Gasteiger partial charge >= 0.3 is 0 Å². The third kappa shape index (κ3) is 6.84. The van der Waals surface area contributed by atoms with E-state index in [-0.39, 0.29) is 0 Å². The van der Waals surface area contributed by atoms with Gasteiger partial charge in [0, 0.05) is 37.0 Å². The average Bonchev–Trinajstić information content (AvgIpc) is 2.95. The number of anilines is 2. The van der Waals surface area contributed by atoms with Crippen molar-refractivity contribution in [2.75, 3.05) is 50.9 Å². The van der Waals surface area contributed by atoms with E-state index in [0.29, 0.717) is 29.2 Å². The number of hydrogen-bond acceptors (Lipinski definition) is 7. The normalized spacial score (nSPS) is 18.0. The molecule has 1 aromatic heterocycles. The van der Waals surface area contributed by atoms with Crippen molar-refractivity contribution in [1.29, 1.82) is 0 Å². The summed E-state index contributed by atoms with van der Waals surface area (Å²) in [4.78, 5) is 12.0. The lowest BCUT2D eigenvalue weighted by Crippen LogP contribution is -2.32. The van der Waals surface area contributed by atoms with Crippen LogP contribution in [0.3, 0.4) is 0 Å². The van der Waals surface area contributed by atoms with Crippen molar-refractivity contribution in [2.24, 2.45) is 11.8 Å². The zero-order valence-electron chi connectivity index (χ0n) is 22.7. The molecule has 1 saturated carbocycles. The summed E-state index contributed by atoms with van der Waals surface area (Å²) in [6, 6.07) is 21.1. The van der Waals surface area contributed by atoms with Crippen molar-refractivity contribution in [3.63, 3.8) is 0 Å². The highest BCUT2D eigenvalue weighted by molar-refractivity contribution is 7.89. The lowest BCUT2D eigenvalue weighted by molar-refractivity contribution is 0.284. The summed E-state index contributed by atoms with van der Waals surface area (Å²) >= 11 is 0. The van der Waals surface area contributed by atoms with Crippen molar-refractivity contribution in [3.8, 4) is 0 Å². The largest absolute Gasteiger partial charge is 0.368 e. The molecule has 1 fully saturated rings. The summed E-state index contributed by atoms with van der Waals surface area (Å²) in [5.74, 6) is 2.35. The molecule has 1 aliphatic rings. The van der Waals surface area contributed by atoms with E-state index in [1.54, 1.807) is 12.1 Å². The van der Waals surface area contributed by atoms with E-state index in [9.17, 15) is 8.42 Å². The molecule has 39 heavy (non-hydrogen) atoms. The number of benzene rings is 3. The maximum absolute atomic E-state index is 13.1. The van der Waals surface area contributed by atoms with Crippen molar-refractivity contribution < 1.29 is 8.42 Å². The fourth-order valence-electron chi connectivity index (χ4n) is 5.30. The second-order valence-electron chi connectivity index (χ2n) is 10.7. The van der Waals surface area contributed by atoms with E-state index in [1.165, 1.54) is 0 Å². The summed E-state index contributed by atoms with van der Waals surface area (Å²) in [6.07, 6.45) is 4.10. The van der Waals surface area contributed by atoms with Gasteiger partial charge in [0.2, 0.25) is 16.0 Å². The van der Waals surface area contributed by atoms with Crippen LogP contribution >= 0.6 is 0 Å². The Balaban J connectivity index is 1.14. The third-order valence-electron chi connectivity index (χ3n) is 7.57. The smallest absolute Gasteiger partial charge is 0.241 e. The standard InChI is InChI=1S/C30H38N6O2S/c1-36(2)19-18-31-29-26-11-5-6-12-27(26)34-30(35-29)32-20-22-14-16-23(17-15-22)21-33-39(37,38)28-13-7-9-24-8-3-4-10-25(24)28/h3-13,22-23,33H,14-21H2,1-2H3,(H2,31,32,34,35). The molecule has 0 spiro atoms. The molecule has 5 rings (SSSR count). The molecular formula is C30H38N6O2S. The molecule has 0 saturated heterocycles. The van der Waals surface area contributed by atoms with Gasteiger partial charge in [0.15, 0.2) is 0 Å². The quantitative estimate of drug-likeness (QED) is 0.245. The predicted molar refractivity (Wildman–Crippen MR) is 160 cm³/mol. The van der Waals surface area contributed by atoms with E-state index < -0.39 is 10.0 Å². The number of hydrogen-bond donors (Lipinski definition) is 3. The zero-order valence-corrected chi connectivity index (χ0v) is 23.5. The summed E-state index contributed by atoms with van der Waals surface area (Å²) in [5.41, 5.74) is 0.921. The Kier molecular flexibility index (Phi) is 8.60. The molecular weight excluding hydrogens is 508 g/mol. The number of sulfonamides is 1. The molecule has 4 aromatic rings. The highest BCUT2D eigenvalue weighted by Crippen LogP contribution is 2.30. The van der Waals surface area contributed by atoms with Gasteiger partial charge in [-0.2, -0.15) is 4.98 Å². The number of nitrogens with zero attached hydrogens (tertiary/aromatic N) is 3. The van der Waals surface area contributed by atoms with Gasteiger partial charge < -0.3 is 15.5 Å². The molecule has 1 aliphatic carbocycles. The summed E-state index contributed by atoms with van der Waals surface area (Å²) in [6.45, 7) is 3.01. The second kappa shape index (κ2) is 12.3. The molecule has 206 valence electrons. The van der Waals surface area contributed by atoms with E-state index in [2.05, 4.69) is 34.4 Å². The Bertz CT molecular complexity index is 1510. The van der Waals surface area contributed by atoms with Gasteiger partial charge in [-0.3, -0.25) is 0 Å². The van der Waals surface area contributed by atoms with E-state index in [0.717, 1.165) is 72.8 Å². The van der Waals surface area contributed by atoms with Crippen molar-refractivity contribution in [2.45, 2.75) is 30.6 Å². The van der Waals surface area contributed by atoms with Crippen LogP contribution in [0.2, 0.25) is 0 Å². The maximum Gasteiger partial charge on any atom is 0.241 e. The highest BCUT2D eigenvalue weighted by Gasteiger charge is 2.24. The number of fused-ring (bicyclic) bond motifs is 2. The van der Waals surface area contributed by atoms with Crippen LogP contribution in [0.4, 0.5) is 11.8 Å². The second-order valence-corrected chi connectivity index (χ2v) is 12.5. The van der Waals surface area contributed by atoms with Crippen LogP contribution in [0.5, 0.6) is 0 Å². The molecule has 0 atom stereocenters. The Morgan fingerprint density at radius 3 is 2.23 bits per heavy atom. The van der Waals surface area contributed by atoms with Gasteiger partial charge in [0.05, 0.1) is 10.4 Å². The molecule has 0 amide bonds. The van der Waals surface area contributed by atoms with E-state index >= 15 is 0 Å². The van der Waals surface area contributed by atoms with Gasteiger partial charge in [-0.25, -0.2) is 18.1 Å². The molecule has 3 aromatic carbocycles. The van der Waals surface area contributed by atoms with Crippen LogP contribution in [0, 0.1) is 11.8 Å². The lowest BCUT2D eigenvalue weighted by Gasteiger charge is -2.28. The number of nitrogens with one attached hydrogen (secondary N) is 3. The Morgan fingerprint density at radius 2 is 1.46 bits per heavy atom. The minimum atomic E-state index is -3.57. The van der Waals surface area contributed by atoms with Crippen LogP contribution in [0.1, 0.15) is 25.7 Å². The number of likely N-dealkylation sites (N-methyl/N-ethyl adjacent to an activating group) is 1. The first kappa shape index (κ1) is 27.3. The third-order valence-corrected chi connectivity index (χ3v) is 9.05. The van der Waals surface area contributed by atoms with Gasteiger partial charge in [0.1, 0.15) is 5.82 Å². The molecule has 0 radical (unpaired) electrons. The molecule has 0 unspecified atom stereocenters. The molecule has 0 aliphatic heterocycles. The Hall–Kier alpha value is -3.27. The van der Waals surface area contributed by atoms with Crippen LogP contribution in [0.15, 0.2) is 71.6 Å². The monoisotopic (exact) mass is 546 g/mol. The summed E-state index contributed by atoms with van der Waals surface area (Å²) < 4.78 is 29.1. The summed E-state index contributed by atoms with van der Waals surface area (Å²) in [7, 11) is 0.547. The molecule has 0 bridgehead atoms. The average molecular weight is 547 g/mol. The fourth-order valence-corrected chi connectivity index (χ4v) is 6.64. The maximum atomic E-state index is 13.1. The minimum absolute atomic E-state index is 0.343. The first-order chi connectivity index (χ1) is 18.9. The molecule has 8 nitrogen and oxygen atoms in total. The Morgan fingerprint density at radius 1 is 0.795 bits per heavy atom. The minimum Gasteiger partial charge on any atom is -0.368 e. The van der Waals surface area contributed by atoms with Gasteiger partial charge in [-0.05, 0) is 75.2 Å². The fraction of sp³-hybridized carbons (Fsp3) is 0.400. The number of para-hydroxylation sites is 1. The van der Waals surface area contributed by atoms with Crippen LogP contribution in [-0.2, 0) is 10.0 Å². The van der Waals surface area contributed by atoms with Crippen LogP contribution < -0.4 is 15.4 Å². The van der Waals surface area contributed by atoms with Gasteiger partial charge in [-0.15, -0.1) is 0 Å². The predicted octanol–water partition coefficient (Wildman–Crippen LogP) is 4.95. The Labute approximate surface area is 231 Å². The lowest BCUT2D eigenvalue weighted by atomic mass is 9.82. The zero-order chi connectivity index (χ0) is 27.2. The van der Waals surface area contributed by atoms with Crippen molar-refractivity contribution in [1.82, 2.24) is 19.6 Å². The first-order valence-electron chi connectivity index (χ1n) is 13.8. The van der Waals surface area contributed by atoms with Crippen LogP contribution in [-0.4, -0.2) is 63.6 Å². The van der Waals surface area contributed by atoms with Gasteiger partial charge in [-0.1, -0.05) is 48.5 Å². The van der Waals surface area contributed by atoms with Crippen molar-refractivity contribution in [3.05, 3.63) is 66.7 Å². The first-order valence-corrected chi connectivity index (χ1v) is 15.2. The van der Waals surface area contributed by atoms with E-state index in [1.807, 2.05) is 54.6 Å². The van der Waals surface area contributed by atoms with E-state index in [4.69, 9.17) is 9.97 Å². The molecule has 1 heterocycles. The molecule has 9 heteroatoms. The van der Waals surface area contributed by atoms with Crippen molar-refractivity contribution >= 4 is 43.5 Å². The topological polar surface area (TPSA) is 99.2 Å². The number of rotatable bonds is 11. The SMILES string of the molecule is CN(C)CCNc1nc(NCC2CCC(CNS(=O)(=O)c3cccc4ccccc34)CC2)nc2ccccc12. The van der Waals surface area contributed by atoms with Gasteiger partial charge in [0.25, 0.3) is 0 Å². The molecule has 3 N–H and O–H groups in total. The summed E-state index contributed by atoms with van der Waals surface area (Å²) in [5, 5.41) is 9.64. The highest BCUT2D eigenvalue weighted by atomic mass is 32.2.